The van der Waals surface area contributed by atoms with E-state index in [4.69, 9.17) is 10.5 Å². The minimum Gasteiger partial charge on any atom is -0.497 e. The van der Waals surface area contributed by atoms with Crippen LogP contribution in [0.4, 0.5) is 9.59 Å². The minimum absolute atomic E-state index is 0.221. The van der Waals surface area contributed by atoms with Gasteiger partial charge in [0.05, 0.1) is 19.6 Å². The molecule has 1 rings (SSSR count). The van der Waals surface area contributed by atoms with E-state index in [2.05, 4.69) is 10.5 Å². The smallest absolute Gasteiger partial charge is 0.415 e. The lowest BCUT2D eigenvalue weighted by Gasteiger charge is -2.08. The lowest BCUT2D eigenvalue weighted by Crippen LogP contribution is -2.35. The molecule has 0 unspecified atom stereocenters. The van der Waals surface area contributed by atoms with Crippen molar-refractivity contribution in [2.24, 2.45) is 11.5 Å². The van der Waals surface area contributed by atoms with Crippen LogP contribution in [0.1, 0.15) is 25.3 Å². The first-order chi connectivity index (χ1) is 10.3. The summed E-state index contributed by atoms with van der Waals surface area (Å²) in [6.07, 6.45) is -0.815. The fraction of sp³-hybridized carbons (Fsp3) is 0.357. The van der Waals surface area contributed by atoms with Crippen LogP contribution in [0.5, 0.6) is 5.75 Å². The molecule has 8 heteroatoms. The second-order valence-electron chi connectivity index (χ2n) is 4.11. The molecule has 0 saturated carbocycles. The maximum absolute atomic E-state index is 10.9. The number of rotatable bonds is 4. The number of methoxy groups -OCH3 is 1. The average molecular weight is 311 g/mol. The van der Waals surface area contributed by atoms with Gasteiger partial charge in [0.15, 0.2) is 0 Å². The van der Waals surface area contributed by atoms with Crippen LogP contribution in [0.15, 0.2) is 24.3 Å². The predicted molar refractivity (Wildman–Crippen MR) is 80.3 cm³/mol. The Labute approximate surface area is 128 Å². The van der Waals surface area contributed by atoms with E-state index in [1.165, 1.54) is 0 Å². The normalized spacial score (nSPS) is 10.5. The van der Waals surface area contributed by atoms with E-state index in [1.54, 1.807) is 26.3 Å². The van der Waals surface area contributed by atoms with Crippen molar-refractivity contribution in [3.8, 4) is 5.75 Å². The molecule has 0 fully saturated rings. The second kappa shape index (κ2) is 10.0. The zero-order valence-electron chi connectivity index (χ0n) is 12.8. The molecule has 22 heavy (non-hydrogen) atoms. The number of carbonyl (C=O) groups excluding carboxylic acids is 3. The standard InChI is InChI=1S/C10H13NO2.C4H8N2O3/c1-7(10(11)12)8-4-3-5-9(6-8)13-2;1-2-9-4(8)6-3(5)7/h3-7H,1-2H3,(H2,11,12);2H2,1H3,(H3,5,6,7,8)/t7-;/m1./s1. The Morgan fingerprint density at radius 3 is 2.36 bits per heavy atom. The number of benzene rings is 1. The van der Waals surface area contributed by atoms with Crippen molar-refractivity contribution < 1.29 is 23.9 Å². The molecule has 8 nitrogen and oxygen atoms in total. The van der Waals surface area contributed by atoms with Gasteiger partial charge >= 0.3 is 12.1 Å². The molecule has 0 aliphatic carbocycles. The van der Waals surface area contributed by atoms with Crippen molar-refractivity contribution in [1.82, 2.24) is 5.32 Å². The molecular weight excluding hydrogens is 290 g/mol. The summed E-state index contributed by atoms with van der Waals surface area (Å²) in [6, 6.07) is 6.44. The maximum Gasteiger partial charge on any atom is 0.415 e. The number of imide groups is 1. The van der Waals surface area contributed by atoms with E-state index in [0.29, 0.717) is 0 Å². The molecule has 0 aliphatic heterocycles. The van der Waals surface area contributed by atoms with Gasteiger partial charge in [0, 0.05) is 0 Å². The molecule has 0 spiro atoms. The Kier molecular flexibility index (Phi) is 8.77. The largest absolute Gasteiger partial charge is 0.497 e. The van der Waals surface area contributed by atoms with E-state index >= 15 is 0 Å². The number of ether oxygens (including phenoxy) is 2. The van der Waals surface area contributed by atoms with Crippen LogP contribution < -0.4 is 21.5 Å². The summed E-state index contributed by atoms with van der Waals surface area (Å²) in [7, 11) is 1.59. The lowest BCUT2D eigenvalue weighted by atomic mass is 10.0. The summed E-state index contributed by atoms with van der Waals surface area (Å²) in [6.45, 7) is 3.62. The van der Waals surface area contributed by atoms with Crippen molar-refractivity contribution in [2.75, 3.05) is 13.7 Å². The molecular formula is C14H21N3O5. The van der Waals surface area contributed by atoms with Gasteiger partial charge < -0.3 is 20.9 Å². The summed E-state index contributed by atoms with van der Waals surface area (Å²) >= 11 is 0. The van der Waals surface area contributed by atoms with Crippen LogP contribution in [0.2, 0.25) is 0 Å². The maximum atomic E-state index is 10.9. The molecule has 1 atom stereocenters. The van der Waals surface area contributed by atoms with Crippen LogP contribution in [0.25, 0.3) is 0 Å². The lowest BCUT2D eigenvalue weighted by molar-refractivity contribution is -0.119. The van der Waals surface area contributed by atoms with Crippen LogP contribution in [-0.2, 0) is 9.53 Å². The van der Waals surface area contributed by atoms with Gasteiger partial charge in [-0.1, -0.05) is 12.1 Å². The highest BCUT2D eigenvalue weighted by molar-refractivity contribution is 5.89. The van der Waals surface area contributed by atoms with Crippen LogP contribution in [0, 0.1) is 0 Å². The Bertz CT molecular complexity index is 519. The summed E-state index contributed by atoms with van der Waals surface area (Å²) in [5.41, 5.74) is 10.6. The topological polar surface area (TPSA) is 134 Å². The number of alkyl carbamates (subject to hydrolysis) is 1. The number of nitrogens with two attached hydrogens (primary N) is 2. The molecule has 1 aromatic carbocycles. The Morgan fingerprint density at radius 2 is 1.91 bits per heavy atom. The van der Waals surface area contributed by atoms with Crippen molar-refractivity contribution in [3.63, 3.8) is 0 Å². The first-order valence-electron chi connectivity index (χ1n) is 6.48. The molecule has 5 N–H and O–H groups in total. The number of carbonyl (C=O) groups is 3. The van der Waals surface area contributed by atoms with Crippen LogP contribution in [0.3, 0.4) is 0 Å². The van der Waals surface area contributed by atoms with Gasteiger partial charge in [-0.05, 0) is 31.5 Å². The van der Waals surface area contributed by atoms with E-state index in [-0.39, 0.29) is 18.4 Å². The number of primary amides is 2. The monoisotopic (exact) mass is 311 g/mol. The minimum atomic E-state index is -0.909. The third-order valence-corrected chi connectivity index (χ3v) is 2.52. The predicted octanol–water partition coefficient (Wildman–Crippen LogP) is 1.10. The second-order valence-corrected chi connectivity index (χ2v) is 4.11. The van der Waals surface area contributed by atoms with Gasteiger partial charge in [-0.15, -0.1) is 0 Å². The molecule has 0 aromatic heterocycles. The average Bonchev–Trinajstić information content (AvgIpc) is 2.46. The number of nitrogens with one attached hydrogen (secondary N) is 1. The molecule has 0 heterocycles. The summed E-state index contributed by atoms with van der Waals surface area (Å²) in [4.78, 5) is 31.0. The fourth-order valence-electron chi connectivity index (χ4n) is 1.34. The Balaban J connectivity index is 0.000000433. The van der Waals surface area contributed by atoms with E-state index in [0.717, 1.165) is 11.3 Å². The molecule has 4 amide bonds. The van der Waals surface area contributed by atoms with Crippen LogP contribution >= 0.6 is 0 Å². The van der Waals surface area contributed by atoms with Gasteiger partial charge in [-0.25, -0.2) is 14.9 Å². The highest BCUT2D eigenvalue weighted by atomic mass is 16.5. The molecule has 0 saturated heterocycles. The van der Waals surface area contributed by atoms with E-state index in [1.807, 2.05) is 24.3 Å². The third kappa shape index (κ3) is 7.73. The summed E-state index contributed by atoms with van der Waals surface area (Å²) in [5, 5.41) is 1.72. The zero-order chi connectivity index (χ0) is 17.1. The summed E-state index contributed by atoms with van der Waals surface area (Å²) in [5.74, 6) is 0.147. The molecule has 0 aliphatic rings. The number of hydrogen-bond acceptors (Lipinski definition) is 5. The highest BCUT2D eigenvalue weighted by Crippen LogP contribution is 2.19. The molecule has 0 radical (unpaired) electrons. The molecule has 1 aromatic rings. The number of hydrogen-bond donors (Lipinski definition) is 3. The van der Waals surface area contributed by atoms with Gasteiger partial charge in [0.1, 0.15) is 5.75 Å². The van der Waals surface area contributed by atoms with E-state index < -0.39 is 12.1 Å². The SMILES string of the molecule is CCOC(=O)NC(N)=O.COc1cccc([C@@H](C)C(N)=O)c1. The summed E-state index contributed by atoms with van der Waals surface area (Å²) < 4.78 is 9.33. The van der Waals surface area contributed by atoms with Gasteiger partial charge in [0.25, 0.3) is 0 Å². The van der Waals surface area contributed by atoms with Crippen LogP contribution in [-0.4, -0.2) is 31.7 Å². The van der Waals surface area contributed by atoms with Gasteiger partial charge in [0.2, 0.25) is 5.91 Å². The Hall–Kier alpha value is -2.77. The van der Waals surface area contributed by atoms with Crippen molar-refractivity contribution in [2.45, 2.75) is 19.8 Å². The fourth-order valence-corrected chi connectivity index (χ4v) is 1.34. The van der Waals surface area contributed by atoms with Gasteiger partial charge in [-0.2, -0.15) is 0 Å². The quantitative estimate of drug-likeness (QED) is 0.765. The Morgan fingerprint density at radius 1 is 1.27 bits per heavy atom. The zero-order valence-corrected chi connectivity index (χ0v) is 12.8. The first-order valence-corrected chi connectivity index (χ1v) is 6.48. The van der Waals surface area contributed by atoms with Crippen molar-refractivity contribution >= 4 is 18.0 Å². The number of amides is 4. The van der Waals surface area contributed by atoms with Crippen molar-refractivity contribution in [1.29, 1.82) is 0 Å². The molecule has 0 bridgehead atoms. The molecule has 122 valence electrons. The van der Waals surface area contributed by atoms with Gasteiger partial charge in [-0.3, -0.25) is 4.79 Å². The third-order valence-electron chi connectivity index (χ3n) is 2.52. The van der Waals surface area contributed by atoms with E-state index in [9.17, 15) is 14.4 Å². The highest BCUT2D eigenvalue weighted by Gasteiger charge is 2.11. The van der Waals surface area contributed by atoms with Crippen molar-refractivity contribution in [3.05, 3.63) is 29.8 Å². The number of urea groups is 1. The first kappa shape index (κ1) is 19.2.